The quantitative estimate of drug-likeness (QED) is 0.749. The van der Waals surface area contributed by atoms with Gasteiger partial charge in [0.05, 0.1) is 22.9 Å². The summed E-state index contributed by atoms with van der Waals surface area (Å²) in [6.07, 6.45) is 2.13. The maximum atomic E-state index is 12.8. The number of para-hydroxylation sites is 2. The van der Waals surface area contributed by atoms with Crippen molar-refractivity contribution in [1.29, 1.82) is 0 Å². The van der Waals surface area contributed by atoms with E-state index < -0.39 is 0 Å². The molecule has 0 atom stereocenters. The molecule has 1 amide bonds. The van der Waals surface area contributed by atoms with Crippen molar-refractivity contribution in [1.82, 2.24) is 4.98 Å². The Labute approximate surface area is 132 Å². The number of fused-ring (bicyclic) bond motifs is 1. The second-order valence-corrected chi connectivity index (χ2v) is 5.41. The minimum absolute atomic E-state index is 0.206. The maximum absolute atomic E-state index is 12.8. The summed E-state index contributed by atoms with van der Waals surface area (Å²) in [6, 6.07) is 8.94. The number of hydrogen-bond acceptors (Lipinski definition) is 3. The summed E-state index contributed by atoms with van der Waals surface area (Å²) in [5.41, 5.74) is 1.08. The summed E-state index contributed by atoms with van der Waals surface area (Å²) < 4.78 is 5.65. The van der Waals surface area contributed by atoms with Crippen LogP contribution in [0.4, 0.5) is 5.69 Å². The van der Waals surface area contributed by atoms with Crippen molar-refractivity contribution >= 4 is 34.8 Å². The van der Waals surface area contributed by atoms with E-state index in [4.69, 9.17) is 27.9 Å². The maximum Gasteiger partial charge on any atom is 0.260 e. The number of nitrogens with zero attached hydrogens (tertiary/aromatic N) is 2. The second kappa shape index (κ2) is 5.92. The first-order valence-electron chi connectivity index (χ1n) is 6.51. The molecule has 2 heterocycles. The van der Waals surface area contributed by atoms with Gasteiger partial charge in [0.2, 0.25) is 0 Å². The molecule has 0 aliphatic carbocycles. The number of pyridine rings is 1. The summed E-state index contributed by atoms with van der Waals surface area (Å²) in [4.78, 5) is 18.3. The van der Waals surface area contributed by atoms with Gasteiger partial charge in [0.15, 0.2) is 0 Å². The highest BCUT2D eigenvalue weighted by molar-refractivity contribution is 6.35. The van der Waals surface area contributed by atoms with E-state index in [9.17, 15) is 4.79 Å². The van der Waals surface area contributed by atoms with E-state index in [1.165, 1.54) is 12.3 Å². The van der Waals surface area contributed by atoms with Gasteiger partial charge in [0.25, 0.3) is 5.91 Å². The van der Waals surface area contributed by atoms with Crippen LogP contribution in [0.1, 0.15) is 16.8 Å². The summed E-state index contributed by atoms with van der Waals surface area (Å²) >= 11 is 11.9. The minimum atomic E-state index is -0.206. The summed E-state index contributed by atoms with van der Waals surface area (Å²) in [5.74, 6) is 0.488. The van der Waals surface area contributed by atoms with E-state index in [2.05, 4.69) is 4.98 Å². The molecule has 0 bridgehead atoms. The van der Waals surface area contributed by atoms with Crippen LogP contribution >= 0.6 is 23.2 Å². The van der Waals surface area contributed by atoms with Crippen LogP contribution in [-0.4, -0.2) is 24.0 Å². The fourth-order valence-electron chi connectivity index (χ4n) is 2.26. The molecular formula is C15H12Cl2N2O2. The van der Waals surface area contributed by atoms with Crippen molar-refractivity contribution in [3.63, 3.8) is 0 Å². The van der Waals surface area contributed by atoms with Crippen LogP contribution in [0.3, 0.4) is 0 Å². The molecular weight excluding hydrogens is 311 g/mol. The smallest absolute Gasteiger partial charge is 0.260 e. The first-order valence-corrected chi connectivity index (χ1v) is 7.27. The van der Waals surface area contributed by atoms with E-state index in [1.807, 2.05) is 24.3 Å². The lowest BCUT2D eigenvalue weighted by molar-refractivity contribution is 0.0987. The first kappa shape index (κ1) is 14.2. The lowest BCUT2D eigenvalue weighted by atomic mass is 10.2. The SMILES string of the molecule is O=C(c1cc(Cl)ncc1Cl)N1CCCOc2ccccc21. The van der Waals surface area contributed by atoms with Crippen LogP contribution in [0.2, 0.25) is 10.2 Å². The van der Waals surface area contributed by atoms with Crippen LogP contribution in [0.15, 0.2) is 36.5 Å². The molecule has 1 aliphatic heterocycles. The van der Waals surface area contributed by atoms with Gasteiger partial charge in [-0.3, -0.25) is 4.79 Å². The highest BCUT2D eigenvalue weighted by Gasteiger charge is 2.24. The van der Waals surface area contributed by atoms with Crippen molar-refractivity contribution in [2.24, 2.45) is 0 Å². The Morgan fingerprint density at radius 2 is 2.10 bits per heavy atom. The highest BCUT2D eigenvalue weighted by atomic mass is 35.5. The number of ether oxygens (including phenoxy) is 1. The molecule has 0 unspecified atom stereocenters. The van der Waals surface area contributed by atoms with Crippen molar-refractivity contribution in [3.05, 3.63) is 52.3 Å². The average molecular weight is 323 g/mol. The monoisotopic (exact) mass is 322 g/mol. The molecule has 0 radical (unpaired) electrons. The Bertz CT molecular complexity index is 691. The van der Waals surface area contributed by atoms with Crippen LogP contribution in [-0.2, 0) is 0 Å². The number of aromatic nitrogens is 1. The third-order valence-electron chi connectivity index (χ3n) is 3.24. The molecule has 4 nitrogen and oxygen atoms in total. The number of carbonyl (C=O) groups is 1. The predicted octanol–water partition coefficient (Wildman–Crippen LogP) is 3.82. The Morgan fingerprint density at radius 1 is 1.29 bits per heavy atom. The number of halogens is 2. The van der Waals surface area contributed by atoms with Crippen molar-refractivity contribution in [2.45, 2.75) is 6.42 Å². The normalized spacial score (nSPS) is 14.1. The van der Waals surface area contributed by atoms with E-state index in [0.717, 1.165) is 12.1 Å². The van der Waals surface area contributed by atoms with Crippen LogP contribution in [0, 0.1) is 0 Å². The van der Waals surface area contributed by atoms with Gasteiger partial charge in [-0.15, -0.1) is 0 Å². The molecule has 6 heteroatoms. The third kappa shape index (κ3) is 2.82. The third-order valence-corrected chi connectivity index (χ3v) is 3.75. The topological polar surface area (TPSA) is 42.4 Å². The van der Waals surface area contributed by atoms with Gasteiger partial charge in [-0.2, -0.15) is 0 Å². The first-order chi connectivity index (χ1) is 10.2. The average Bonchev–Trinajstić information content (AvgIpc) is 2.71. The van der Waals surface area contributed by atoms with Gasteiger partial charge in [-0.05, 0) is 24.6 Å². The fourth-order valence-corrected chi connectivity index (χ4v) is 2.60. The van der Waals surface area contributed by atoms with E-state index in [-0.39, 0.29) is 16.1 Å². The molecule has 0 N–H and O–H groups in total. The summed E-state index contributed by atoms with van der Waals surface area (Å²) in [7, 11) is 0. The van der Waals surface area contributed by atoms with Crippen molar-refractivity contribution in [2.75, 3.05) is 18.1 Å². The lowest BCUT2D eigenvalue weighted by Gasteiger charge is -2.22. The molecule has 21 heavy (non-hydrogen) atoms. The molecule has 108 valence electrons. The fraction of sp³-hybridized carbons (Fsp3) is 0.200. The zero-order chi connectivity index (χ0) is 14.8. The molecule has 1 aliphatic rings. The van der Waals surface area contributed by atoms with E-state index in [1.54, 1.807) is 4.90 Å². The Hall–Kier alpha value is -1.78. The number of amides is 1. The molecule has 3 rings (SSSR count). The molecule has 1 aromatic carbocycles. The molecule has 0 fully saturated rings. The predicted molar refractivity (Wildman–Crippen MR) is 82.5 cm³/mol. The number of benzene rings is 1. The molecule has 1 aromatic heterocycles. The lowest BCUT2D eigenvalue weighted by Crippen LogP contribution is -2.31. The molecule has 0 saturated carbocycles. The molecule has 0 spiro atoms. The Balaban J connectivity index is 2.03. The zero-order valence-corrected chi connectivity index (χ0v) is 12.6. The number of rotatable bonds is 1. The Morgan fingerprint density at radius 3 is 2.95 bits per heavy atom. The van der Waals surface area contributed by atoms with Crippen LogP contribution < -0.4 is 9.64 Å². The van der Waals surface area contributed by atoms with E-state index >= 15 is 0 Å². The van der Waals surface area contributed by atoms with Crippen LogP contribution in [0.5, 0.6) is 5.75 Å². The van der Waals surface area contributed by atoms with Gasteiger partial charge in [0, 0.05) is 12.7 Å². The number of anilines is 1. The molecule has 0 saturated heterocycles. The van der Waals surface area contributed by atoms with E-state index in [0.29, 0.717) is 24.5 Å². The van der Waals surface area contributed by atoms with Gasteiger partial charge in [-0.25, -0.2) is 4.98 Å². The summed E-state index contributed by atoms with van der Waals surface area (Å²) in [5, 5.41) is 0.522. The number of carbonyl (C=O) groups excluding carboxylic acids is 1. The minimum Gasteiger partial charge on any atom is -0.491 e. The van der Waals surface area contributed by atoms with Crippen molar-refractivity contribution in [3.8, 4) is 5.75 Å². The summed E-state index contributed by atoms with van der Waals surface area (Å²) in [6.45, 7) is 1.14. The standard InChI is InChI=1S/C15H12Cl2N2O2/c16-11-9-18-14(17)8-10(11)15(20)19-6-3-7-21-13-5-2-1-4-12(13)19/h1-2,4-5,8-9H,3,6-7H2. The zero-order valence-electron chi connectivity index (χ0n) is 11.1. The van der Waals surface area contributed by atoms with Crippen molar-refractivity contribution < 1.29 is 9.53 Å². The van der Waals surface area contributed by atoms with Gasteiger partial charge in [0.1, 0.15) is 10.9 Å². The van der Waals surface area contributed by atoms with Gasteiger partial charge >= 0.3 is 0 Å². The highest BCUT2D eigenvalue weighted by Crippen LogP contribution is 2.32. The second-order valence-electron chi connectivity index (χ2n) is 4.61. The largest absolute Gasteiger partial charge is 0.491 e. The van der Waals surface area contributed by atoms with Gasteiger partial charge in [-0.1, -0.05) is 35.3 Å². The van der Waals surface area contributed by atoms with Gasteiger partial charge < -0.3 is 9.64 Å². The number of hydrogen-bond donors (Lipinski definition) is 0. The van der Waals surface area contributed by atoms with Crippen LogP contribution in [0.25, 0.3) is 0 Å². The molecule has 2 aromatic rings. The Kier molecular flexibility index (Phi) is 3.99.